The molecule has 1 aromatic carbocycles. The summed E-state index contributed by atoms with van der Waals surface area (Å²) in [5.74, 6) is -0.641. The number of nitro benzene ring substituents is 1. The van der Waals surface area contributed by atoms with Crippen LogP contribution in [-0.2, 0) is 12.8 Å². The molecule has 1 aromatic heterocycles. The highest BCUT2D eigenvalue weighted by Crippen LogP contribution is 2.39. The Kier molecular flexibility index (Phi) is 4.97. The van der Waals surface area contributed by atoms with Crippen LogP contribution in [0.1, 0.15) is 44.5 Å². The van der Waals surface area contributed by atoms with Crippen LogP contribution in [0.25, 0.3) is 0 Å². The number of nitro groups is 1. The Morgan fingerprint density at radius 1 is 1.42 bits per heavy atom. The Hall–Kier alpha value is -2.45. The molecule has 0 spiro atoms. The summed E-state index contributed by atoms with van der Waals surface area (Å²) < 4.78 is 0. The summed E-state index contributed by atoms with van der Waals surface area (Å²) in [5, 5.41) is 14.0. The van der Waals surface area contributed by atoms with E-state index in [0.29, 0.717) is 16.5 Å². The zero-order valence-corrected chi connectivity index (χ0v) is 15.4. The van der Waals surface area contributed by atoms with E-state index in [1.54, 1.807) is 0 Å². The summed E-state index contributed by atoms with van der Waals surface area (Å²) in [5.41, 5.74) is 6.49. The molecule has 3 N–H and O–H groups in total. The summed E-state index contributed by atoms with van der Waals surface area (Å²) in [6, 6.07) is 3.80. The van der Waals surface area contributed by atoms with Gasteiger partial charge in [0, 0.05) is 16.5 Å². The van der Waals surface area contributed by atoms with Gasteiger partial charge in [-0.2, -0.15) is 0 Å². The van der Waals surface area contributed by atoms with Crippen molar-refractivity contribution in [1.29, 1.82) is 0 Å². The molecule has 1 aliphatic carbocycles. The number of hydrogen-bond acceptors (Lipinski definition) is 5. The summed E-state index contributed by atoms with van der Waals surface area (Å²) in [6.45, 7) is 2.14. The number of fused-ring (bicyclic) bond motifs is 1. The third-order valence-electron chi connectivity index (χ3n) is 4.39. The van der Waals surface area contributed by atoms with E-state index in [-0.39, 0.29) is 16.3 Å². The predicted octanol–water partition coefficient (Wildman–Crippen LogP) is 3.79. The second-order valence-electron chi connectivity index (χ2n) is 6.30. The molecule has 0 aliphatic heterocycles. The number of thiophene rings is 1. The maximum atomic E-state index is 12.5. The minimum Gasteiger partial charge on any atom is -0.365 e. The number of carbonyl (C=O) groups excluding carboxylic acids is 2. The van der Waals surface area contributed by atoms with Crippen LogP contribution in [0.3, 0.4) is 0 Å². The predicted molar refractivity (Wildman–Crippen MR) is 100 cm³/mol. The Morgan fingerprint density at radius 2 is 2.15 bits per heavy atom. The first-order chi connectivity index (χ1) is 12.3. The van der Waals surface area contributed by atoms with E-state index in [2.05, 4.69) is 12.2 Å². The minimum atomic E-state index is -0.654. The second kappa shape index (κ2) is 7.05. The number of rotatable bonds is 4. The van der Waals surface area contributed by atoms with Crippen LogP contribution in [0, 0.1) is 16.0 Å². The molecule has 2 aromatic rings. The SMILES string of the molecule is C[C@@H]1CCc2c(sc(NC(=O)c3ccc(Cl)c([N+](=O)[O-])c3)c2C(N)=O)C1. The Bertz CT molecular complexity index is 925. The van der Waals surface area contributed by atoms with Crippen LogP contribution >= 0.6 is 22.9 Å². The highest BCUT2D eigenvalue weighted by molar-refractivity contribution is 7.17. The second-order valence-corrected chi connectivity index (χ2v) is 7.81. The average Bonchev–Trinajstić information content (AvgIpc) is 2.91. The Morgan fingerprint density at radius 3 is 2.81 bits per heavy atom. The van der Waals surface area contributed by atoms with E-state index in [9.17, 15) is 19.7 Å². The zero-order chi connectivity index (χ0) is 19.0. The molecular formula is C17H16ClN3O4S. The first-order valence-corrected chi connectivity index (χ1v) is 9.17. The van der Waals surface area contributed by atoms with Crippen molar-refractivity contribution in [3.8, 4) is 0 Å². The van der Waals surface area contributed by atoms with Crippen molar-refractivity contribution in [3.05, 3.63) is 54.9 Å². The fraction of sp³-hybridized carbons (Fsp3) is 0.294. The van der Waals surface area contributed by atoms with Crippen molar-refractivity contribution in [3.63, 3.8) is 0 Å². The molecule has 0 saturated carbocycles. The molecule has 1 atom stereocenters. The molecule has 7 nitrogen and oxygen atoms in total. The standard InChI is InChI=1S/C17H16ClN3O4S/c1-8-2-4-10-13(6-8)26-17(14(10)15(19)22)20-16(23)9-3-5-11(18)12(7-9)21(24)25/h3,5,7-8H,2,4,6H2,1H3,(H2,19,22)(H,20,23)/t8-/m1/s1. The number of benzene rings is 1. The number of anilines is 1. The fourth-order valence-corrected chi connectivity index (χ4v) is 4.67. The Balaban J connectivity index is 1.94. The van der Waals surface area contributed by atoms with Crippen LogP contribution < -0.4 is 11.1 Å². The van der Waals surface area contributed by atoms with Gasteiger partial charge in [-0.25, -0.2) is 0 Å². The quantitative estimate of drug-likeness (QED) is 0.607. The van der Waals surface area contributed by atoms with Gasteiger partial charge in [0.25, 0.3) is 17.5 Å². The van der Waals surface area contributed by atoms with Gasteiger partial charge in [-0.3, -0.25) is 19.7 Å². The third-order valence-corrected chi connectivity index (χ3v) is 5.88. The van der Waals surface area contributed by atoms with Gasteiger partial charge in [-0.15, -0.1) is 11.3 Å². The lowest BCUT2D eigenvalue weighted by Gasteiger charge is -2.18. The Labute approximate surface area is 158 Å². The van der Waals surface area contributed by atoms with Crippen molar-refractivity contribution >= 4 is 45.4 Å². The van der Waals surface area contributed by atoms with Gasteiger partial charge in [-0.05, 0) is 42.9 Å². The number of carbonyl (C=O) groups is 2. The number of halogens is 1. The lowest BCUT2D eigenvalue weighted by Crippen LogP contribution is -2.19. The van der Waals surface area contributed by atoms with Crippen LogP contribution in [0.2, 0.25) is 5.02 Å². The topological polar surface area (TPSA) is 115 Å². The van der Waals surface area contributed by atoms with Gasteiger partial charge in [-0.1, -0.05) is 18.5 Å². The lowest BCUT2D eigenvalue weighted by molar-refractivity contribution is -0.384. The van der Waals surface area contributed by atoms with E-state index in [1.807, 2.05) is 0 Å². The summed E-state index contributed by atoms with van der Waals surface area (Å²) in [4.78, 5) is 35.8. The van der Waals surface area contributed by atoms with E-state index < -0.39 is 16.7 Å². The number of amides is 2. The van der Waals surface area contributed by atoms with Crippen molar-refractivity contribution in [2.45, 2.75) is 26.2 Å². The van der Waals surface area contributed by atoms with Gasteiger partial charge in [0.1, 0.15) is 10.0 Å². The largest absolute Gasteiger partial charge is 0.365 e. The van der Waals surface area contributed by atoms with E-state index >= 15 is 0 Å². The highest BCUT2D eigenvalue weighted by Gasteiger charge is 2.27. The molecule has 3 rings (SSSR count). The van der Waals surface area contributed by atoms with E-state index in [0.717, 1.165) is 35.8 Å². The normalized spacial score (nSPS) is 16.0. The zero-order valence-electron chi connectivity index (χ0n) is 13.9. The first-order valence-electron chi connectivity index (χ1n) is 7.97. The number of nitrogens with one attached hydrogen (secondary N) is 1. The van der Waals surface area contributed by atoms with Gasteiger partial charge < -0.3 is 11.1 Å². The van der Waals surface area contributed by atoms with Gasteiger partial charge >= 0.3 is 0 Å². The van der Waals surface area contributed by atoms with Crippen LogP contribution in [0.4, 0.5) is 10.7 Å². The molecule has 26 heavy (non-hydrogen) atoms. The third kappa shape index (κ3) is 3.42. The molecule has 1 aliphatic rings. The molecule has 1 heterocycles. The van der Waals surface area contributed by atoms with Crippen molar-refractivity contribution in [2.24, 2.45) is 11.7 Å². The molecule has 0 fully saturated rings. The molecule has 2 amide bonds. The minimum absolute atomic E-state index is 0.0510. The molecule has 0 bridgehead atoms. The highest BCUT2D eigenvalue weighted by atomic mass is 35.5. The molecule has 9 heteroatoms. The number of hydrogen-bond donors (Lipinski definition) is 2. The van der Waals surface area contributed by atoms with Crippen LogP contribution in [0.5, 0.6) is 0 Å². The van der Waals surface area contributed by atoms with Crippen molar-refractivity contribution in [2.75, 3.05) is 5.32 Å². The van der Waals surface area contributed by atoms with Crippen molar-refractivity contribution < 1.29 is 14.5 Å². The number of primary amides is 1. The van der Waals surface area contributed by atoms with Crippen molar-refractivity contribution in [1.82, 2.24) is 0 Å². The monoisotopic (exact) mass is 393 g/mol. The van der Waals surface area contributed by atoms with E-state index in [4.69, 9.17) is 17.3 Å². The summed E-state index contributed by atoms with van der Waals surface area (Å²) >= 11 is 7.11. The smallest absolute Gasteiger partial charge is 0.288 e. The van der Waals surface area contributed by atoms with Crippen LogP contribution in [0.15, 0.2) is 18.2 Å². The first kappa shape index (κ1) is 18.3. The fourth-order valence-electron chi connectivity index (χ4n) is 3.07. The van der Waals surface area contributed by atoms with Gasteiger partial charge in [0.05, 0.1) is 10.5 Å². The number of nitrogens with two attached hydrogens (primary N) is 1. The van der Waals surface area contributed by atoms with Crippen LogP contribution in [-0.4, -0.2) is 16.7 Å². The lowest BCUT2D eigenvalue weighted by atomic mass is 9.88. The van der Waals surface area contributed by atoms with Gasteiger partial charge in [0.2, 0.25) is 0 Å². The summed E-state index contributed by atoms with van der Waals surface area (Å²) in [6.07, 6.45) is 2.54. The molecule has 0 saturated heterocycles. The van der Waals surface area contributed by atoms with Gasteiger partial charge in [0.15, 0.2) is 0 Å². The maximum absolute atomic E-state index is 12.5. The van der Waals surface area contributed by atoms with E-state index in [1.165, 1.54) is 23.5 Å². The number of nitrogens with zero attached hydrogens (tertiary/aromatic N) is 1. The maximum Gasteiger partial charge on any atom is 0.288 e. The average molecular weight is 394 g/mol. The molecule has 0 unspecified atom stereocenters. The summed E-state index contributed by atoms with van der Waals surface area (Å²) in [7, 11) is 0. The molecular weight excluding hydrogens is 378 g/mol. The molecule has 0 radical (unpaired) electrons. The molecule has 136 valence electrons.